The molecule has 1 amide bonds. The molecule has 0 aliphatic rings. The lowest BCUT2D eigenvalue weighted by molar-refractivity contribution is -0.136. The van der Waals surface area contributed by atoms with E-state index in [1.807, 2.05) is 0 Å². The van der Waals surface area contributed by atoms with Gasteiger partial charge in [0, 0.05) is 24.9 Å². The summed E-state index contributed by atoms with van der Waals surface area (Å²) in [5, 5.41) is -0.502. The summed E-state index contributed by atoms with van der Waals surface area (Å²) < 4.78 is 71.6. The summed E-state index contributed by atoms with van der Waals surface area (Å²) in [6, 6.07) is 11.6. The lowest BCUT2D eigenvalue weighted by Crippen LogP contribution is -2.35. The zero-order valence-electron chi connectivity index (χ0n) is 16.1. The smallest absolute Gasteiger partial charge is 0.367 e. The lowest BCUT2D eigenvalue weighted by Gasteiger charge is -2.16. The topological polar surface area (TPSA) is 108 Å². The summed E-state index contributed by atoms with van der Waals surface area (Å²) in [6.07, 6.45) is -6.60. The first-order chi connectivity index (χ1) is 14.4. The molecular formula is C20H17F3N2O5S. The number of aryl methyl sites for hydroxylation is 1. The maximum Gasteiger partial charge on any atom is 0.417 e. The number of fused-ring (bicyclic) bond motifs is 1. The van der Waals surface area contributed by atoms with Crippen LogP contribution in [-0.4, -0.2) is 25.0 Å². The Hall–Kier alpha value is -3.18. The minimum Gasteiger partial charge on any atom is -0.367 e. The SMILES string of the molecule is Cn1c(=O)cc(C(F)(F)F)c2cc(S(=O)(=O)OC(Cc3ccccc3)C(N)=O)ccc21. The molecule has 2 aromatic carbocycles. The molecule has 11 heteroatoms. The molecule has 31 heavy (non-hydrogen) atoms. The fourth-order valence-corrected chi connectivity index (χ4v) is 4.13. The van der Waals surface area contributed by atoms with Gasteiger partial charge in [-0.05, 0) is 23.8 Å². The number of aromatic nitrogens is 1. The van der Waals surface area contributed by atoms with Gasteiger partial charge in [-0.1, -0.05) is 30.3 Å². The number of hydrogen-bond donors (Lipinski definition) is 1. The number of benzene rings is 2. The second-order valence-corrected chi connectivity index (χ2v) is 8.34. The fraction of sp³-hybridized carbons (Fsp3) is 0.200. The van der Waals surface area contributed by atoms with Crippen LogP contribution in [0, 0.1) is 0 Å². The van der Waals surface area contributed by atoms with Crippen molar-refractivity contribution in [3.8, 4) is 0 Å². The van der Waals surface area contributed by atoms with Gasteiger partial charge in [0.15, 0.2) is 6.10 Å². The number of nitrogens with zero attached hydrogens (tertiary/aromatic N) is 1. The third kappa shape index (κ3) is 4.78. The molecule has 1 aromatic heterocycles. The van der Waals surface area contributed by atoms with Crippen molar-refractivity contribution >= 4 is 26.9 Å². The number of carbonyl (C=O) groups is 1. The van der Waals surface area contributed by atoms with Gasteiger partial charge in [0.25, 0.3) is 15.7 Å². The molecule has 3 aromatic rings. The standard InChI is InChI=1S/C20H17F3N2O5S/c1-25-16-8-7-13(10-14(16)15(11-18(25)26)20(21,22)23)31(28,29)30-17(19(24)27)9-12-5-3-2-4-6-12/h2-8,10-11,17H,9H2,1H3,(H2,24,27). The van der Waals surface area contributed by atoms with Crippen molar-refractivity contribution in [2.75, 3.05) is 0 Å². The van der Waals surface area contributed by atoms with Gasteiger partial charge < -0.3 is 10.3 Å². The molecule has 7 nitrogen and oxygen atoms in total. The normalized spacial score (nSPS) is 13.3. The predicted octanol–water partition coefficient (Wildman–Crippen LogP) is 2.36. The molecule has 0 aliphatic carbocycles. The number of carbonyl (C=O) groups excluding carboxylic acids is 1. The van der Waals surface area contributed by atoms with Crippen molar-refractivity contribution in [1.29, 1.82) is 0 Å². The number of primary amides is 1. The maximum atomic E-state index is 13.4. The first kappa shape index (κ1) is 22.5. The van der Waals surface area contributed by atoms with E-state index in [4.69, 9.17) is 9.92 Å². The first-order valence-electron chi connectivity index (χ1n) is 8.87. The van der Waals surface area contributed by atoms with E-state index < -0.39 is 49.7 Å². The number of alkyl halides is 3. The highest BCUT2D eigenvalue weighted by Crippen LogP contribution is 2.34. The van der Waals surface area contributed by atoms with Crippen molar-refractivity contribution in [3.05, 3.63) is 76.1 Å². The summed E-state index contributed by atoms with van der Waals surface area (Å²) in [6.45, 7) is 0. The van der Waals surface area contributed by atoms with Crippen molar-refractivity contribution in [2.45, 2.75) is 23.6 Å². The van der Waals surface area contributed by atoms with Crippen LogP contribution in [0.5, 0.6) is 0 Å². The van der Waals surface area contributed by atoms with Gasteiger partial charge in [-0.2, -0.15) is 21.6 Å². The highest BCUT2D eigenvalue weighted by molar-refractivity contribution is 7.86. The second-order valence-electron chi connectivity index (χ2n) is 6.76. The molecule has 0 saturated carbocycles. The van der Waals surface area contributed by atoms with Crippen LogP contribution >= 0.6 is 0 Å². The number of nitrogens with two attached hydrogens (primary N) is 1. The van der Waals surface area contributed by atoms with E-state index in [0.717, 1.165) is 22.8 Å². The Morgan fingerprint density at radius 3 is 2.35 bits per heavy atom. The van der Waals surface area contributed by atoms with E-state index in [2.05, 4.69) is 0 Å². The Morgan fingerprint density at radius 2 is 1.77 bits per heavy atom. The fourth-order valence-electron chi connectivity index (χ4n) is 3.05. The highest BCUT2D eigenvalue weighted by Gasteiger charge is 2.34. The molecular weight excluding hydrogens is 437 g/mol. The number of pyridine rings is 1. The van der Waals surface area contributed by atoms with Crippen LogP contribution in [0.4, 0.5) is 13.2 Å². The zero-order valence-corrected chi connectivity index (χ0v) is 16.9. The van der Waals surface area contributed by atoms with Gasteiger partial charge in [-0.15, -0.1) is 0 Å². The molecule has 0 spiro atoms. The highest BCUT2D eigenvalue weighted by atomic mass is 32.2. The Morgan fingerprint density at radius 1 is 1.13 bits per heavy atom. The minimum absolute atomic E-state index is 0.116. The first-order valence-corrected chi connectivity index (χ1v) is 10.3. The number of amides is 1. The average molecular weight is 454 g/mol. The van der Waals surface area contributed by atoms with Gasteiger partial charge in [0.2, 0.25) is 5.91 Å². The Kier molecular flexibility index (Phi) is 5.92. The maximum absolute atomic E-state index is 13.4. The van der Waals surface area contributed by atoms with Crippen molar-refractivity contribution in [1.82, 2.24) is 4.57 Å². The third-order valence-corrected chi connectivity index (χ3v) is 5.95. The monoisotopic (exact) mass is 454 g/mol. The summed E-state index contributed by atoms with van der Waals surface area (Å²) in [7, 11) is -3.39. The van der Waals surface area contributed by atoms with Crippen molar-refractivity contribution < 1.29 is 30.6 Å². The minimum atomic E-state index is -4.89. The molecule has 0 bridgehead atoms. The zero-order chi connectivity index (χ0) is 23.0. The summed E-state index contributed by atoms with van der Waals surface area (Å²) >= 11 is 0. The molecule has 0 radical (unpaired) electrons. The van der Waals surface area contributed by atoms with Crippen LogP contribution < -0.4 is 11.3 Å². The van der Waals surface area contributed by atoms with Crippen LogP contribution in [0.25, 0.3) is 10.9 Å². The van der Waals surface area contributed by atoms with E-state index >= 15 is 0 Å². The van der Waals surface area contributed by atoms with Crippen LogP contribution in [0.3, 0.4) is 0 Å². The molecule has 1 unspecified atom stereocenters. The molecule has 0 saturated heterocycles. The van der Waals surface area contributed by atoms with Crippen LogP contribution in [-0.2, 0) is 38.7 Å². The van der Waals surface area contributed by atoms with E-state index in [9.17, 15) is 31.2 Å². The van der Waals surface area contributed by atoms with E-state index in [1.54, 1.807) is 30.3 Å². The Balaban J connectivity index is 2.06. The third-order valence-electron chi connectivity index (χ3n) is 4.64. The van der Waals surface area contributed by atoms with Crippen LogP contribution in [0.15, 0.2) is 64.3 Å². The number of hydrogen-bond acceptors (Lipinski definition) is 5. The van der Waals surface area contributed by atoms with Crippen LogP contribution in [0.2, 0.25) is 0 Å². The predicted molar refractivity (Wildman–Crippen MR) is 106 cm³/mol. The van der Waals surface area contributed by atoms with Gasteiger partial charge in [-0.25, -0.2) is 0 Å². The van der Waals surface area contributed by atoms with Gasteiger partial charge in [0.1, 0.15) is 0 Å². The summed E-state index contributed by atoms with van der Waals surface area (Å²) in [4.78, 5) is 23.0. The summed E-state index contributed by atoms with van der Waals surface area (Å²) in [5.41, 5.74) is 3.55. The molecule has 0 aliphatic heterocycles. The molecule has 1 heterocycles. The van der Waals surface area contributed by atoms with Gasteiger partial charge >= 0.3 is 6.18 Å². The van der Waals surface area contributed by atoms with E-state index in [1.165, 1.54) is 7.05 Å². The number of rotatable bonds is 6. The quantitative estimate of drug-likeness (QED) is 0.576. The van der Waals surface area contributed by atoms with E-state index in [-0.39, 0.29) is 11.9 Å². The largest absolute Gasteiger partial charge is 0.417 e. The second kappa shape index (κ2) is 8.16. The lowest BCUT2D eigenvalue weighted by atomic mass is 10.1. The van der Waals surface area contributed by atoms with Gasteiger partial charge in [-0.3, -0.25) is 13.8 Å². The van der Waals surface area contributed by atoms with Crippen molar-refractivity contribution in [3.63, 3.8) is 0 Å². The van der Waals surface area contributed by atoms with Gasteiger partial charge in [0.05, 0.1) is 16.0 Å². The summed E-state index contributed by atoms with van der Waals surface area (Å²) in [5.74, 6) is -1.05. The molecule has 0 fully saturated rings. The van der Waals surface area contributed by atoms with E-state index in [0.29, 0.717) is 11.6 Å². The molecule has 2 N–H and O–H groups in total. The van der Waals surface area contributed by atoms with Crippen LogP contribution in [0.1, 0.15) is 11.1 Å². The molecule has 1 atom stereocenters. The molecule has 3 rings (SSSR count). The molecule has 164 valence electrons. The average Bonchev–Trinajstić information content (AvgIpc) is 2.69. The Bertz CT molecular complexity index is 1300. The van der Waals surface area contributed by atoms with Crippen molar-refractivity contribution in [2.24, 2.45) is 12.8 Å². The number of halogens is 3. The Labute approximate surface area is 175 Å².